The summed E-state index contributed by atoms with van der Waals surface area (Å²) in [5.41, 5.74) is 8.35. The first kappa shape index (κ1) is 10.2. The normalized spacial score (nSPS) is 12.7. The molecule has 0 spiro atoms. The second kappa shape index (κ2) is 4.04. The van der Waals surface area contributed by atoms with E-state index in [1.165, 1.54) is 23.7 Å². The molecule has 1 unspecified atom stereocenters. The molecule has 0 aliphatic rings. The molecule has 0 fully saturated rings. The fourth-order valence-electron chi connectivity index (χ4n) is 1.41. The van der Waals surface area contributed by atoms with E-state index in [1.54, 1.807) is 11.4 Å². The number of rotatable bonds is 2. The molecule has 0 aliphatic carbocycles. The molecule has 2 aromatic rings. The highest BCUT2D eigenvalue weighted by atomic mass is 32.1. The van der Waals surface area contributed by atoms with Crippen LogP contribution in [0.5, 0.6) is 0 Å². The smallest absolute Gasteiger partial charge is 0.123 e. The van der Waals surface area contributed by atoms with Crippen LogP contribution in [0.2, 0.25) is 0 Å². The highest BCUT2D eigenvalue weighted by molar-refractivity contribution is 7.03. The number of hydrogen-bond donors (Lipinski definition) is 1. The minimum Gasteiger partial charge on any atom is -0.319 e. The predicted molar refractivity (Wildman–Crippen MR) is 57.1 cm³/mol. The van der Waals surface area contributed by atoms with Gasteiger partial charge in [-0.25, -0.2) is 4.39 Å². The number of nitrogens with zero attached hydrogens (tertiary/aromatic N) is 2. The Morgan fingerprint density at radius 1 is 1.47 bits per heavy atom. The SMILES string of the molecule is Cc1ccc(F)cc1C(N)c1csnn1. The molecule has 0 amide bonds. The van der Waals surface area contributed by atoms with Crippen molar-refractivity contribution >= 4 is 11.5 Å². The van der Waals surface area contributed by atoms with Gasteiger partial charge in [-0.15, -0.1) is 5.10 Å². The predicted octanol–water partition coefficient (Wildman–Crippen LogP) is 2.03. The minimum absolute atomic E-state index is 0.283. The molecule has 78 valence electrons. The lowest BCUT2D eigenvalue weighted by atomic mass is 10.00. The van der Waals surface area contributed by atoms with Crippen molar-refractivity contribution in [2.75, 3.05) is 0 Å². The third kappa shape index (κ3) is 2.03. The summed E-state index contributed by atoms with van der Waals surface area (Å²) in [4.78, 5) is 0. The zero-order chi connectivity index (χ0) is 10.8. The van der Waals surface area contributed by atoms with E-state index in [2.05, 4.69) is 9.59 Å². The van der Waals surface area contributed by atoms with E-state index in [1.807, 2.05) is 6.92 Å². The molecule has 1 aromatic heterocycles. The Kier molecular flexibility index (Phi) is 2.75. The van der Waals surface area contributed by atoms with Crippen molar-refractivity contribution in [3.8, 4) is 0 Å². The van der Waals surface area contributed by atoms with Crippen LogP contribution in [-0.2, 0) is 0 Å². The quantitative estimate of drug-likeness (QED) is 0.847. The number of hydrogen-bond acceptors (Lipinski definition) is 4. The molecule has 3 nitrogen and oxygen atoms in total. The van der Waals surface area contributed by atoms with Crippen LogP contribution in [0, 0.1) is 12.7 Å². The van der Waals surface area contributed by atoms with Gasteiger partial charge in [0.15, 0.2) is 0 Å². The van der Waals surface area contributed by atoms with E-state index in [9.17, 15) is 4.39 Å². The molecular formula is C10H10FN3S. The molecule has 0 radical (unpaired) electrons. The third-order valence-electron chi connectivity index (χ3n) is 2.27. The van der Waals surface area contributed by atoms with Crippen molar-refractivity contribution in [2.45, 2.75) is 13.0 Å². The lowest BCUT2D eigenvalue weighted by Crippen LogP contribution is -2.14. The van der Waals surface area contributed by atoms with Crippen molar-refractivity contribution in [1.82, 2.24) is 9.59 Å². The fraction of sp³-hybridized carbons (Fsp3) is 0.200. The van der Waals surface area contributed by atoms with Crippen molar-refractivity contribution in [3.63, 3.8) is 0 Å². The Balaban J connectivity index is 2.41. The van der Waals surface area contributed by atoms with Crippen LogP contribution in [0.1, 0.15) is 22.9 Å². The average molecular weight is 223 g/mol. The second-order valence-electron chi connectivity index (χ2n) is 3.31. The van der Waals surface area contributed by atoms with Crippen LogP contribution in [0.15, 0.2) is 23.6 Å². The Morgan fingerprint density at radius 3 is 2.93 bits per heavy atom. The van der Waals surface area contributed by atoms with E-state index in [0.717, 1.165) is 11.1 Å². The Labute approximate surface area is 90.9 Å². The minimum atomic E-state index is -0.403. The molecule has 2 N–H and O–H groups in total. The lowest BCUT2D eigenvalue weighted by Gasteiger charge is -2.11. The number of benzene rings is 1. The molecule has 1 aromatic carbocycles. The van der Waals surface area contributed by atoms with Gasteiger partial charge in [0.05, 0.1) is 11.7 Å². The first-order chi connectivity index (χ1) is 7.18. The van der Waals surface area contributed by atoms with Gasteiger partial charge < -0.3 is 5.73 Å². The van der Waals surface area contributed by atoms with Crippen LogP contribution in [0.25, 0.3) is 0 Å². The number of aromatic nitrogens is 2. The van der Waals surface area contributed by atoms with Gasteiger partial charge >= 0.3 is 0 Å². The summed E-state index contributed by atoms with van der Waals surface area (Å²) >= 11 is 1.24. The highest BCUT2D eigenvalue weighted by Crippen LogP contribution is 2.22. The molecule has 1 atom stereocenters. The maximum atomic E-state index is 13.1. The molecular weight excluding hydrogens is 213 g/mol. The summed E-state index contributed by atoms with van der Waals surface area (Å²) in [7, 11) is 0. The summed E-state index contributed by atoms with van der Waals surface area (Å²) in [6.07, 6.45) is 0. The zero-order valence-electron chi connectivity index (χ0n) is 8.14. The second-order valence-corrected chi connectivity index (χ2v) is 3.92. The summed E-state index contributed by atoms with van der Waals surface area (Å²) in [6.45, 7) is 1.90. The number of nitrogens with two attached hydrogens (primary N) is 1. The molecule has 0 saturated carbocycles. The molecule has 15 heavy (non-hydrogen) atoms. The zero-order valence-corrected chi connectivity index (χ0v) is 8.96. The molecule has 0 bridgehead atoms. The van der Waals surface area contributed by atoms with Crippen LogP contribution in [0.3, 0.4) is 0 Å². The first-order valence-electron chi connectivity index (χ1n) is 4.47. The van der Waals surface area contributed by atoms with Crippen molar-refractivity contribution < 1.29 is 4.39 Å². The van der Waals surface area contributed by atoms with Crippen LogP contribution >= 0.6 is 11.5 Å². The standard InChI is InChI=1S/C10H10FN3S/c1-6-2-3-7(11)4-8(6)10(12)9-5-15-14-13-9/h2-5,10H,12H2,1H3. The van der Waals surface area contributed by atoms with E-state index in [0.29, 0.717) is 5.69 Å². The topological polar surface area (TPSA) is 51.8 Å². The van der Waals surface area contributed by atoms with Crippen molar-refractivity contribution in [2.24, 2.45) is 5.73 Å². The van der Waals surface area contributed by atoms with E-state index in [-0.39, 0.29) is 5.82 Å². The lowest BCUT2D eigenvalue weighted by molar-refractivity contribution is 0.622. The van der Waals surface area contributed by atoms with Gasteiger partial charge in [-0.3, -0.25) is 0 Å². The maximum absolute atomic E-state index is 13.1. The average Bonchev–Trinajstić information content (AvgIpc) is 2.74. The van der Waals surface area contributed by atoms with Crippen LogP contribution < -0.4 is 5.73 Å². The number of halogens is 1. The summed E-state index contributed by atoms with van der Waals surface area (Å²) in [6, 6.07) is 4.17. The molecule has 5 heteroatoms. The van der Waals surface area contributed by atoms with Gasteiger partial charge in [-0.2, -0.15) is 0 Å². The van der Waals surface area contributed by atoms with Crippen LogP contribution in [0.4, 0.5) is 4.39 Å². The Bertz CT molecular complexity index is 456. The fourth-order valence-corrected chi connectivity index (χ4v) is 1.90. The molecule has 2 rings (SSSR count). The van der Waals surface area contributed by atoms with Crippen molar-refractivity contribution in [1.29, 1.82) is 0 Å². The van der Waals surface area contributed by atoms with Gasteiger partial charge in [-0.05, 0) is 41.7 Å². The molecule has 1 heterocycles. The largest absolute Gasteiger partial charge is 0.319 e. The van der Waals surface area contributed by atoms with Gasteiger partial charge in [-0.1, -0.05) is 10.6 Å². The van der Waals surface area contributed by atoms with Crippen molar-refractivity contribution in [3.05, 3.63) is 46.2 Å². The Hall–Kier alpha value is -1.33. The van der Waals surface area contributed by atoms with E-state index >= 15 is 0 Å². The van der Waals surface area contributed by atoms with Gasteiger partial charge in [0, 0.05) is 5.38 Å². The summed E-state index contributed by atoms with van der Waals surface area (Å²) in [5, 5.41) is 5.66. The number of aryl methyl sites for hydroxylation is 1. The van der Waals surface area contributed by atoms with E-state index < -0.39 is 6.04 Å². The van der Waals surface area contributed by atoms with Gasteiger partial charge in [0.2, 0.25) is 0 Å². The molecule has 0 saturated heterocycles. The first-order valence-corrected chi connectivity index (χ1v) is 5.30. The van der Waals surface area contributed by atoms with Gasteiger partial charge in [0.1, 0.15) is 5.82 Å². The highest BCUT2D eigenvalue weighted by Gasteiger charge is 2.14. The van der Waals surface area contributed by atoms with Crippen LogP contribution in [-0.4, -0.2) is 9.59 Å². The van der Waals surface area contributed by atoms with Gasteiger partial charge in [0.25, 0.3) is 0 Å². The molecule has 0 aliphatic heterocycles. The summed E-state index contributed by atoms with van der Waals surface area (Å²) in [5.74, 6) is -0.283. The van der Waals surface area contributed by atoms with E-state index in [4.69, 9.17) is 5.73 Å². The maximum Gasteiger partial charge on any atom is 0.123 e. The Morgan fingerprint density at radius 2 is 2.27 bits per heavy atom. The monoisotopic (exact) mass is 223 g/mol. The third-order valence-corrected chi connectivity index (χ3v) is 2.79. The summed E-state index contributed by atoms with van der Waals surface area (Å²) < 4.78 is 16.8.